The molecule has 0 bridgehead atoms. The highest BCUT2D eigenvalue weighted by Gasteiger charge is 2.27. The van der Waals surface area contributed by atoms with Crippen LogP contribution in [0.1, 0.15) is 32.6 Å². The van der Waals surface area contributed by atoms with Gasteiger partial charge in [-0.15, -0.1) is 0 Å². The van der Waals surface area contributed by atoms with E-state index in [0.717, 1.165) is 16.7 Å². The number of sulfonamides is 2. The smallest absolute Gasteiger partial charge is 0.264 e. The lowest BCUT2D eigenvalue weighted by Crippen LogP contribution is -2.31. The van der Waals surface area contributed by atoms with Crippen LogP contribution in [0.3, 0.4) is 0 Å². The third-order valence-electron chi connectivity index (χ3n) is 7.45. The largest absolute Gasteiger partial charge is 0.322 e. The van der Waals surface area contributed by atoms with Gasteiger partial charge in [0.15, 0.2) is 0 Å². The number of nitrogens with zero attached hydrogens (tertiary/aromatic N) is 1. The number of anilines is 3. The molecule has 8 nitrogen and oxygen atoms in total. The molecule has 1 amide bonds. The highest BCUT2D eigenvalue weighted by molar-refractivity contribution is 7.93. The van der Waals surface area contributed by atoms with Gasteiger partial charge < -0.3 is 5.32 Å². The van der Waals surface area contributed by atoms with Gasteiger partial charge in [0.25, 0.3) is 26.0 Å². The molecule has 11 heteroatoms. The predicted octanol–water partition coefficient (Wildman–Crippen LogP) is 7.71. The van der Waals surface area contributed by atoms with E-state index in [9.17, 15) is 21.6 Å². The van der Waals surface area contributed by atoms with Gasteiger partial charge in [-0.3, -0.25) is 13.8 Å². The molecule has 0 unspecified atom stereocenters. The van der Waals surface area contributed by atoms with Crippen LogP contribution in [0.2, 0.25) is 5.02 Å². The maximum atomic E-state index is 13.8. The third-order valence-corrected chi connectivity index (χ3v) is 10.8. The monoisotopic (exact) mass is 673 g/mol. The minimum atomic E-state index is -3.95. The highest BCUT2D eigenvalue weighted by atomic mass is 35.5. The van der Waals surface area contributed by atoms with E-state index in [2.05, 4.69) is 10.0 Å². The minimum absolute atomic E-state index is 0.00626. The van der Waals surface area contributed by atoms with Gasteiger partial charge in [-0.1, -0.05) is 66.2 Å². The van der Waals surface area contributed by atoms with Crippen molar-refractivity contribution in [3.63, 3.8) is 0 Å². The summed E-state index contributed by atoms with van der Waals surface area (Å²) in [5.41, 5.74) is 4.75. The molecule has 46 heavy (non-hydrogen) atoms. The highest BCUT2D eigenvalue weighted by Crippen LogP contribution is 2.31. The van der Waals surface area contributed by atoms with Crippen LogP contribution in [0.5, 0.6) is 0 Å². The van der Waals surface area contributed by atoms with Crippen molar-refractivity contribution in [1.82, 2.24) is 0 Å². The van der Waals surface area contributed by atoms with E-state index in [1.807, 2.05) is 39.0 Å². The van der Waals surface area contributed by atoms with Crippen molar-refractivity contribution in [3.8, 4) is 0 Å². The lowest BCUT2D eigenvalue weighted by molar-refractivity contribution is 0.102. The summed E-state index contributed by atoms with van der Waals surface area (Å²) in [6.07, 6.45) is 0. The molecule has 0 aromatic heterocycles. The number of benzene rings is 5. The Hall–Kier alpha value is -4.64. The molecule has 0 saturated heterocycles. The van der Waals surface area contributed by atoms with Crippen LogP contribution in [0.4, 0.5) is 17.1 Å². The number of rotatable bonds is 10. The van der Waals surface area contributed by atoms with Crippen molar-refractivity contribution >= 4 is 54.6 Å². The van der Waals surface area contributed by atoms with Crippen LogP contribution in [0.25, 0.3) is 0 Å². The van der Waals surface area contributed by atoms with Crippen molar-refractivity contribution in [1.29, 1.82) is 0 Å². The van der Waals surface area contributed by atoms with Gasteiger partial charge in [-0.2, -0.15) is 0 Å². The number of hydrogen-bond donors (Lipinski definition) is 2. The first-order chi connectivity index (χ1) is 21.8. The number of hydrogen-bond acceptors (Lipinski definition) is 5. The summed E-state index contributed by atoms with van der Waals surface area (Å²) in [5, 5.41) is 3.18. The molecule has 0 fully saturated rings. The summed E-state index contributed by atoms with van der Waals surface area (Å²) in [7, 11) is -7.79. The van der Waals surface area contributed by atoms with Gasteiger partial charge in [0.1, 0.15) is 0 Å². The Balaban J connectivity index is 1.32. The summed E-state index contributed by atoms with van der Waals surface area (Å²) in [4.78, 5) is 13.2. The molecule has 0 aliphatic heterocycles. The van der Waals surface area contributed by atoms with Gasteiger partial charge in [-0.05, 0) is 104 Å². The molecule has 0 radical (unpaired) electrons. The Labute approximate surface area is 274 Å². The molecule has 0 heterocycles. The average Bonchev–Trinajstić information content (AvgIpc) is 3.04. The van der Waals surface area contributed by atoms with Crippen molar-refractivity contribution in [2.75, 3.05) is 14.3 Å². The van der Waals surface area contributed by atoms with E-state index in [1.165, 1.54) is 28.6 Å². The zero-order valence-corrected chi connectivity index (χ0v) is 27.7. The number of para-hydroxylation sites is 1. The van der Waals surface area contributed by atoms with E-state index < -0.39 is 26.0 Å². The van der Waals surface area contributed by atoms with Gasteiger partial charge in [0.05, 0.1) is 27.7 Å². The first-order valence-corrected chi connectivity index (χ1v) is 17.6. The third kappa shape index (κ3) is 7.25. The summed E-state index contributed by atoms with van der Waals surface area (Å²) in [5.74, 6) is -0.407. The van der Waals surface area contributed by atoms with Gasteiger partial charge in [0.2, 0.25) is 0 Å². The predicted molar refractivity (Wildman–Crippen MR) is 184 cm³/mol. The normalized spacial score (nSPS) is 11.6. The van der Waals surface area contributed by atoms with Crippen molar-refractivity contribution in [2.24, 2.45) is 0 Å². The van der Waals surface area contributed by atoms with Crippen LogP contribution in [0.15, 0.2) is 125 Å². The van der Waals surface area contributed by atoms with Crippen LogP contribution in [-0.4, -0.2) is 22.7 Å². The maximum absolute atomic E-state index is 13.8. The van der Waals surface area contributed by atoms with Crippen LogP contribution < -0.4 is 14.3 Å². The summed E-state index contributed by atoms with van der Waals surface area (Å²) in [6, 6.07) is 31.3. The van der Waals surface area contributed by atoms with Crippen molar-refractivity contribution in [3.05, 3.63) is 148 Å². The summed E-state index contributed by atoms with van der Waals surface area (Å²) in [6.45, 7) is 5.49. The zero-order chi connectivity index (χ0) is 33.1. The molecule has 0 aliphatic carbocycles. The number of carbonyl (C=O) groups excluding carboxylic acids is 1. The molecule has 5 rings (SSSR count). The maximum Gasteiger partial charge on any atom is 0.264 e. The van der Waals surface area contributed by atoms with E-state index in [4.69, 9.17) is 11.6 Å². The molecule has 0 spiro atoms. The topological polar surface area (TPSA) is 113 Å². The van der Waals surface area contributed by atoms with Crippen LogP contribution >= 0.6 is 11.6 Å². The Morgan fingerprint density at radius 3 is 1.96 bits per heavy atom. The number of aryl methyl sites for hydroxylation is 3. The van der Waals surface area contributed by atoms with E-state index in [-0.39, 0.29) is 16.3 Å². The SMILES string of the molecule is Cc1ccc(Cl)cc1N(Cc1ccc(C(=O)Nc2ccc(S(=O)(=O)Nc3c(C)cccc3C)cc2)cc1)S(=O)(=O)c1ccccc1. The standard InChI is InChI=1S/C35H32ClN3O5S2/c1-24-12-17-29(36)22-33(24)39(46(43,44)32-10-5-4-6-11-32)23-27-13-15-28(16-14-27)35(40)37-30-18-20-31(21-19-30)45(41,42)38-34-25(2)8-7-9-26(34)3/h4-22,38H,23H2,1-3H3,(H,37,40). The Bertz CT molecular complexity index is 2080. The molecule has 2 N–H and O–H groups in total. The number of nitrogens with one attached hydrogen (secondary N) is 2. The zero-order valence-electron chi connectivity index (χ0n) is 25.4. The van der Waals surface area contributed by atoms with E-state index >= 15 is 0 Å². The Kier molecular flexibility index (Phi) is 9.52. The van der Waals surface area contributed by atoms with Crippen LogP contribution in [-0.2, 0) is 26.6 Å². The quantitative estimate of drug-likeness (QED) is 0.158. The second kappa shape index (κ2) is 13.4. The Morgan fingerprint density at radius 2 is 1.33 bits per heavy atom. The fraction of sp³-hybridized carbons (Fsp3) is 0.114. The second-order valence-corrected chi connectivity index (χ2v) is 14.8. The molecular weight excluding hydrogens is 642 g/mol. The molecule has 5 aromatic carbocycles. The fourth-order valence-electron chi connectivity index (χ4n) is 4.89. The number of halogens is 1. The van der Waals surface area contributed by atoms with Crippen molar-refractivity contribution in [2.45, 2.75) is 37.1 Å². The van der Waals surface area contributed by atoms with Gasteiger partial charge >= 0.3 is 0 Å². The van der Waals surface area contributed by atoms with Crippen LogP contribution in [0, 0.1) is 20.8 Å². The first kappa shape index (κ1) is 32.7. The average molecular weight is 674 g/mol. The molecule has 0 aliphatic rings. The molecular formula is C35H32ClN3O5S2. The summed E-state index contributed by atoms with van der Waals surface area (Å²) >= 11 is 6.26. The van der Waals surface area contributed by atoms with E-state index in [1.54, 1.807) is 72.8 Å². The fourth-order valence-corrected chi connectivity index (χ4v) is 7.79. The van der Waals surface area contributed by atoms with Gasteiger partial charge in [0, 0.05) is 16.3 Å². The second-order valence-electron chi connectivity index (χ2n) is 10.8. The van der Waals surface area contributed by atoms with E-state index in [0.29, 0.717) is 33.2 Å². The lowest BCUT2D eigenvalue weighted by atomic mass is 10.1. The summed E-state index contributed by atoms with van der Waals surface area (Å²) < 4.78 is 57.5. The molecule has 236 valence electrons. The molecule has 5 aromatic rings. The number of amides is 1. The number of carbonyl (C=O) groups is 1. The first-order valence-electron chi connectivity index (χ1n) is 14.3. The Morgan fingerprint density at radius 1 is 0.696 bits per heavy atom. The molecule has 0 saturated carbocycles. The minimum Gasteiger partial charge on any atom is -0.322 e. The van der Waals surface area contributed by atoms with Crippen molar-refractivity contribution < 1.29 is 21.6 Å². The van der Waals surface area contributed by atoms with Gasteiger partial charge in [-0.25, -0.2) is 16.8 Å². The molecule has 0 atom stereocenters. The lowest BCUT2D eigenvalue weighted by Gasteiger charge is -2.26.